The molecule has 1 atom stereocenters. The zero-order chi connectivity index (χ0) is 16.2. The standard InChI is InChI=1S/C19H24N2OS/c1-12-4-5-14-11-16(23-15(14)10-12)18(22)20-17-13-6-8-21(9-7-13)19(17,2)3/h4-5,10-11,13,17H,6-9H2,1-3H3,(H,20,22). The van der Waals surface area contributed by atoms with Crippen molar-refractivity contribution in [1.29, 1.82) is 0 Å². The van der Waals surface area contributed by atoms with Gasteiger partial charge in [-0.3, -0.25) is 9.69 Å². The lowest BCUT2D eigenvalue weighted by molar-refractivity contribution is -0.0377. The quantitative estimate of drug-likeness (QED) is 0.909. The van der Waals surface area contributed by atoms with E-state index in [1.165, 1.54) is 41.6 Å². The van der Waals surface area contributed by atoms with Crippen LogP contribution in [0.4, 0.5) is 0 Å². The highest BCUT2D eigenvalue weighted by molar-refractivity contribution is 7.20. The van der Waals surface area contributed by atoms with Crippen LogP contribution in [0.5, 0.6) is 0 Å². The number of carbonyl (C=O) groups is 1. The Balaban J connectivity index is 1.59. The molecular weight excluding hydrogens is 304 g/mol. The average molecular weight is 328 g/mol. The number of fused-ring (bicyclic) bond motifs is 4. The maximum atomic E-state index is 12.8. The highest BCUT2D eigenvalue weighted by Gasteiger charge is 2.48. The van der Waals surface area contributed by atoms with E-state index >= 15 is 0 Å². The minimum absolute atomic E-state index is 0.0596. The molecule has 2 bridgehead atoms. The lowest BCUT2D eigenvalue weighted by atomic mass is 9.72. The second-order valence-corrected chi connectivity index (χ2v) is 8.66. The maximum Gasteiger partial charge on any atom is 0.261 e. The number of aryl methyl sites for hydroxylation is 1. The van der Waals surface area contributed by atoms with Crippen molar-refractivity contribution in [2.24, 2.45) is 5.92 Å². The molecule has 1 N–H and O–H groups in total. The number of piperidine rings is 3. The van der Waals surface area contributed by atoms with E-state index < -0.39 is 0 Å². The first-order valence-corrected chi connectivity index (χ1v) is 9.33. The third-order valence-electron chi connectivity index (χ3n) is 5.77. The molecule has 3 fully saturated rings. The highest BCUT2D eigenvalue weighted by atomic mass is 32.1. The fraction of sp³-hybridized carbons (Fsp3) is 0.526. The Morgan fingerprint density at radius 2 is 2.00 bits per heavy atom. The molecule has 0 saturated carbocycles. The monoisotopic (exact) mass is 328 g/mol. The maximum absolute atomic E-state index is 12.8. The Morgan fingerprint density at radius 3 is 2.70 bits per heavy atom. The van der Waals surface area contributed by atoms with Crippen molar-refractivity contribution in [1.82, 2.24) is 10.2 Å². The van der Waals surface area contributed by atoms with Gasteiger partial charge in [-0.25, -0.2) is 0 Å². The Labute approximate surface area is 141 Å². The van der Waals surface area contributed by atoms with Gasteiger partial charge < -0.3 is 5.32 Å². The van der Waals surface area contributed by atoms with E-state index in [9.17, 15) is 4.79 Å². The Bertz CT molecular complexity index is 756. The van der Waals surface area contributed by atoms with E-state index in [2.05, 4.69) is 49.2 Å². The van der Waals surface area contributed by atoms with Crippen molar-refractivity contribution >= 4 is 27.3 Å². The predicted molar refractivity (Wildman–Crippen MR) is 96.2 cm³/mol. The summed E-state index contributed by atoms with van der Waals surface area (Å²) in [5.41, 5.74) is 1.30. The molecule has 3 nitrogen and oxygen atoms in total. The molecule has 4 heterocycles. The van der Waals surface area contributed by atoms with Crippen LogP contribution in [0.15, 0.2) is 24.3 Å². The molecule has 122 valence electrons. The van der Waals surface area contributed by atoms with Crippen LogP contribution in [0, 0.1) is 12.8 Å². The van der Waals surface area contributed by atoms with Crippen LogP contribution >= 0.6 is 11.3 Å². The van der Waals surface area contributed by atoms with Gasteiger partial charge >= 0.3 is 0 Å². The number of hydrogen-bond acceptors (Lipinski definition) is 3. The molecule has 2 aromatic rings. The van der Waals surface area contributed by atoms with Crippen molar-refractivity contribution in [2.45, 2.75) is 45.2 Å². The van der Waals surface area contributed by atoms with Crippen LogP contribution in [-0.2, 0) is 0 Å². The fourth-order valence-electron chi connectivity index (χ4n) is 4.34. The molecule has 5 rings (SSSR count). The van der Waals surface area contributed by atoms with E-state index in [-0.39, 0.29) is 17.5 Å². The van der Waals surface area contributed by atoms with Gasteiger partial charge in [-0.1, -0.05) is 12.1 Å². The number of thiophene rings is 1. The van der Waals surface area contributed by atoms with Crippen LogP contribution in [0.1, 0.15) is 41.9 Å². The van der Waals surface area contributed by atoms with Crippen LogP contribution in [0.25, 0.3) is 10.1 Å². The average Bonchev–Trinajstić information content (AvgIpc) is 2.94. The second-order valence-electron chi connectivity index (χ2n) is 7.58. The number of hydrogen-bond donors (Lipinski definition) is 1. The number of carbonyl (C=O) groups excluding carboxylic acids is 1. The first-order chi connectivity index (χ1) is 10.9. The normalized spacial score (nSPS) is 28.9. The molecule has 0 radical (unpaired) electrons. The van der Waals surface area contributed by atoms with Crippen LogP contribution < -0.4 is 5.32 Å². The highest BCUT2D eigenvalue weighted by Crippen LogP contribution is 2.39. The van der Waals surface area contributed by atoms with E-state index in [4.69, 9.17) is 0 Å². The molecule has 1 amide bonds. The van der Waals surface area contributed by atoms with Gasteiger partial charge in [0, 0.05) is 16.3 Å². The summed E-state index contributed by atoms with van der Waals surface area (Å²) in [5, 5.41) is 4.53. The first kappa shape index (κ1) is 15.2. The molecule has 4 heteroatoms. The summed E-state index contributed by atoms with van der Waals surface area (Å²) in [6, 6.07) is 8.66. The molecule has 0 aliphatic carbocycles. The molecule has 0 spiro atoms. The topological polar surface area (TPSA) is 32.3 Å². The lowest BCUT2D eigenvalue weighted by Crippen LogP contribution is -2.69. The third-order valence-corrected chi connectivity index (χ3v) is 6.87. The van der Waals surface area contributed by atoms with Crippen LogP contribution in [-0.4, -0.2) is 35.5 Å². The van der Waals surface area contributed by atoms with Crippen molar-refractivity contribution < 1.29 is 4.79 Å². The molecular formula is C19H24N2OS. The first-order valence-electron chi connectivity index (χ1n) is 8.51. The largest absolute Gasteiger partial charge is 0.346 e. The summed E-state index contributed by atoms with van der Waals surface area (Å²) in [7, 11) is 0. The van der Waals surface area contributed by atoms with E-state index in [0.717, 1.165) is 4.88 Å². The van der Waals surface area contributed by atoms with Crippen molar-refractivity contribution in [3.05, 3.63) is 34.7 Å². The van der Waals surface area contributed by atoms with Gasteiger partial charge in [0.2, 0.25) is 0 Å². The van der Waals surface area contributed by atoms with E-state index in [1.54, 1.807) is 11.3 Å². The number of nitrogens with zero attached hydrogens (tertiary/aromatic N) is 1. The zero-order valence-electron chi connectivity index (χ0n) is 14.1. The number of rotatable bonds is 2. The summed E-state index contributed by atoms with van der Waals surface area (Å²) >= 11 is 1.60. The van der Waals surface area contributed by atoms with Crippen LogP contribution in [0.3, 0.4) is 0 Å². The molecule has 3 saturated heterocycles. The second kappa shape index (κ2) is 5.32. The summed E-state index contributed by atoms with van der Waals surface area (Å²) in [6.45, 7) is 8.99. The zero-order valence-corrected chi connectivity index (χ0v) is 14.9. The van der Waals surface area contributed by atoms with Gasteiger partial charge in [-0.05, 0) is 75.7 Å². The van der Waals surface area contributed by atoms with Gasteiger partial charge in [0.25, 0.3) is 5.91 Å². The van der Waals surface area contributed by atoms with E-state index in [1.807, 2.05) is 6.07 Å². The van der Waals surface area contributed by atoms with E-state index in [0.29, 0.717) is 5.92 Å². The number of nitrogens with one attached hydrogen (secondary N) is 1. The Morgan fingerprint density at radius 1 is 1.26 bits per heavy atom. The third kappa shape index (κ3) is 2.48. The number of amides is 1. The molecule has 1 unspecified atom stereocenters. The molecule has 1 aromatic carbocycles. The van der Waals surface area contributed by atoms with Crippen LogP contribution in [0.2, 0.25) is 0 Å². The van der Waals surface area contributed by atoms with Gasteiger partial charge in [0.1, 0.15) is 0 Å². The predicted octanol–water partition coefficient (Wildman–Crippen LogP) is 3.81. The lowest BCUT2D eigenvalue weighted by Gasteiger charge is -2.56. The molecule has 3 aliphatic rings. The van der Waals surface area contributed by atoms with Crippen molar-refractivity contribution in [3.8, 4) is 0 Å². The van der Waals surface area contributed by atoms with Gasteiger partial charge in [0.05, 0.1) is 4.88 Å². The minimum Gasteiger partial charge on any atom is -0.346 e. The summed E-state index contributed by atoms with van der Waals surface area (Å²) < 4.78 is 1.20. The smallest absolute Gasteiger partial charge is 0.261 e. The Kier molecular flexibility index (Phi) is 3.50. The molecule has 3 aliphatic heterocycles. The van der Waals surface area contributed by atoms with Gasteiger partial charge in [-0.2, -0.15) is 0 Å². The summed E-state index contributed by atoms with van der Waals surface area (Å²) in [6.07, 6.45) is 2.42. The summed E-state index contributed by atoms with van der Waals surface area (Å²) in [4.78, 5) is 16.2. The minimum atomic E-state index is 0.0596. The summed E-state index contributed by atoms with van der Waals surface area (Å²) in [5.74, 6) is 0.714. The molecule has 23 heavy (non-hydrogen) atoms. The number of benzene rings is 1. The SMILES string of the molecule is Cc1ccc2cc(C(=O)NC3C4CCN(CC4)C3(C)C)sc2c1. The van der Waals surface area contributed by atoms with Crippen molar-refractivity contribution in [2.75, 3.05) is 13.1 Å². The fourth-order valence-corrected chi connectivity index (χ4v) is 5.40. The Hall–Kier alpha value is -1.39. The van der Waals surface area contributed by atoms with Crippen molar-refractivity contribution in [3.63, 3.8) is 0 Å². The molecule has 1 aromatic heterocycles. The van der Waals surface area contributed by atoms with Gasteiger partial charge in [-0.15, -0.1) is 11.3 Å². The van der Waals surface area contributed by atoms with Gasteiger partial charge in [0.15, 0.2) is 0 Å².